The zero-order valence-corrected chi connectivity index (χ0v) is 19.6. The van der Waals surface area contributed by atoms with Gasteiger partial charge in [-0.2, -0.15) is 0 Å². The Balaban J connectivity index is 1.87. The van der Waals surface area contributed by atoms with Crippen molar-refractivity contribution in [1.82, 2.24) is 4.98 Å². The largest absolute Gasteiger partial charge is 0.398 e. The van der Waals surface area contributed by atoms with Crippen LogP contribution in [-0.4, -0.2) is 25.6 Å². The summed E-state index contributed by atoms with van der Waals surface area (Å²) in [5.41, 5.74) is 7.98. The van der Waals surface area contributed by atoms with Crippen molar-refractivity contribution in [3.05, 3.63) is 81.3 Å². The van der Waals surface area contributed by atoms with E-state index in [4.69, 9.17) is 5.73 Å². The molecule has 1 fully saturated rings. The van der Waals surface area contributed by atoms with Gasteiger partial charge in [-0.15, -0.1) is 0 Å². The maximum atomic E-state index is 15.3. The van der Waals surface area contributed by atoms with E-state index in [-0.39, 0.29) is 34.0 Å². The van der Waals surface area contributed by atoms with Gasteiger partial charge in [0, 0.05) is 40.8 Å². The van der Waals surface area contributed by atoms with Crippen LogP contribution in [-0.2, 0) is 16.3 Å². The summed E-state index contributed by atoms with van der Waals surface area (Å²) < 4.78 is 41.8. The summed E-state index contributed by atoms with van der Waals surface area (Å²) in [6.07, 6.45) is 5.57. The van der Waals surface area contributed by atoms with Crippen LogP contribution in [0.3, 0.4) is 0 Å². The summed E-state index contributed by atoms with van der Waals surface area (Å²) in [6.45, 7) is 0. The number of benzene rings is 2. The highest BCUT2D eigenvalue weighted by atomic mass is 79.9. The lowest BCUT2D eigenvalue weighted by Crippen LogP contribution is -2.19. The fourth-order valence-corrected chi connectivity index (χ4v) is 5.10. The van der Waals surface area contributed by atoms with Crippen molar-refractivity contribution < 1.29 is 17.6 Å². The van der Waals surface area contributed by atoms with Gasteiger partial charge in [-0.25, -0.2) is 12.8 Å². The average molecular weight is 518 g/mol. The highest BCUT2D eigenvalue weighted by Crippen LogP contribution is 2.47. The predicted molar refractivity (Wildman–Crippen MR) is 125 cm³/mol. The SMILES string of the molecule is CS(=O)(=O)c1c(Cc2ccc(Br)c(N)c2)c(F)cc(C2CC2)c1NC(=O)c1cccnc1. The van der Waals surface area contributed by atoms with E-state index >= 15 is 4.39 Å². The minimum atomic E-state index is -3.89. The van der Waals surface area contributed by atoms with Gasteiger partial charge >= 0.3 is 0 Å². The van der Waals surface area contributed by atoms with Crippen LogP contribution in [0, 0.1) is 5.82 Å². The minimum absolute atomic E-state index is 0.000101. The number of nitrogen functional groups attached to an aromatic ring is 1. The molecule has 3 N–H and O–H groups in total. The molecule has 6 nitrogen and oxygen atoms in total. The lowest BCUT2D eigenvalue weighted by atomic mass is 9.98. The first-order valence-corrected chi connectivity index (χ1v) is 12.6. The molecular formula is C23H21BrFN3O3S. The number of nitrogens with zero attached hydrogens (tertiary/aromatic N) is 1. The summed E-state index contributed by atoms with van der Waals surface area (Å²) >= 11 is 3.32. The van der Waals surface area contributed by atoms with Gasteiger partial charge in [-0.3, -0.25) is 9.78 Å². The van der Waals surface area contributed by atoms with E-state index < -0.39 is 21.6 Å². The molecule has 3 aromatic rings. The number of rotatable bonds is 6. The molecule has 166 valence electrons. The second kappa shape index (κ2) is 8.63. The molecule has 0 radical (unpaired) electrons. The standard InChI is InChI=1S/C23H21BrFN3O3S/c1-32(30,31)22-17(9-13-4-7-18(24)20(26)10-13)19(25)11-16(14-5-6-14)21(22)28-23(29)15-3-2-8-27-12-15/h2-4,7-8,10-12,14H,5-6,9,26H2,1H3,(H,28,29). The van der Waals surface area contributed by atoms with E-state index in [0.717, 1.165) is 19.1 Å². The Labute approximate surface area is 194 Å². The van der Waals surface area contributed by atoms with Gasteiger partial charge in [-0.05, 0) is 76.1 Å². The van der Waals surface area contributed by atoms with Gasteiger partial charge in [0.25, 0.3) is 5.91 Å². The fraction of sp³-hybridized carbons (Fsp3) is 0.217. The Morgan fingerprint density at radius 2 is 2.03 bits per heavy atom. The van der Waals surface area contributed by atoms with Crippen LogP contribution in [0.1, 0.15) is 45.8 Å². The van der Waals surface area contributed by atoms with Gasteiger partial charge in [0.1, 0.15) is 5.82 Å². The highest BCUT2D eigenvalue weighted by molar-refractivity contribution is 9.10. The topological polar surface area (TPSA) is 102 Å². The Bertz CT molecular complexity index is 1310. The minimum Gasteiger partial charge on any atom is -0.398 e. The molecule has 2 aromatic carbocycles. The molecule has 0 aliphatic heterocycles. The number of carbonyl (C=O) groups is 1. The number of anilines is 2. The molecular weight excluding hydrogens is 497 g/mol. The molecule has 1 aliphatic rings. The second-order valence-corrected chi connectivity index (χ2v) is 10.7. The Kier molecular flexibility index (Phi) is 6.05. The molecule has 1 heterocycles. The van der Waals surface area contributed by atoms with Gasteiger partial charge in [0.05, 0.1) is 16.1 Å². The van der Waals surface area contributed by atoms with Crippen molar-refractivity contribution in [2.45, 2.75) is 30.1 Å². The Hall–Kier alpha value is -2.78. The van der Waals surface area contributed by atoms with Crippen LogP contribution in [0.5, 0.6) is 0 Å². The fourth-order valence-electron chi connectivity index (χ4n) is 3.70. The van der Waals surface area contributed by atoms with Crippen LogP contribution >= 0.6 is 15.9 Å². The third-order valence-corrected chi connectivity index (χ3v) is 7.27. The van der Waals surface area contributed by atoms with Crippen molar-refractivity contribution in [3.63, 3.8) is 0 Å². The van der Waals surface area contributed by atoms with Gasteiger partial charge in [0.15, 0.2) is 9.84 Å². The van der Waals surface area contributed by atoms with Crippen molar-refractivity contribution in [2.24, 2.45) is 0 Å². The Morgan fingerprint density at radius 3 is 2.62 bits per heavy atom. The number of halogens is 2. The summed E-state index contributed by atoms with van der Waals surface area (Å²) in [4.78, 5) is 16.6. The molecule has 32 heavy (non-hydrogen) atoms. The smallest absolute Gasteiger partial charge is 0.257 e. The third kappa shape index (κ3) is 4.68. The lowest BCUT2D eigenvalue weighted by Gasteiger charge is -2.20. The molecule has 0 unspecified atom stereocenters. The first-order chi connectivity index (χ1) is 15.1. The number of hydrogen-bond donors (Lipinski definition) is 2. The maximum Gasteiger partial charge on any atom is 0.257 e. The number of amides is 1. The van der Waals surface area contributed by atoms with Crippen LogP contribution in [0.2, 0.25) is 0 Å². The molecule has 1 saturated carbocycles. The van der Waals surface area contributed by atoms with Crippen molar-refractivity contribution >= 4 is 43.0 Å². The molecule has 4 rings (SSSR count). The number of pyridine rings is 1. The van der Waals surface area contributed by atoms with Crippen LogP contribution in [0.25, 0.3) is 0 Å². The molecule has 1 aliphatic carbocycles. The molecule has 9 heteroatoms. The van der Waals surface area contributed by atoms with E-state index in [2.05, 4.69) is 26.2 Å². The predicted octanol–water partition coefficient (Wildman–Crippen LogP) is 4.69. The van der Waals surface area contributed by atoms with Gasteiger partial charge in [-0.1, -0.05) is 6.07 Å². The number of sulfone groups is 1. The Morgan fingerprint density at radius 1 is 1.28 bits per heavy atom. The number of carbonyl (C=O) groups excluding carboxylic acids is 1. The number of nitrogens with two attached hydrogens (primary N) is 1. The first kappa shape index (κ1) is 22.4. The van der Waals surface area contributed by atoms with E-state index in [9.17, 15) is 13.2 Å². The van der Waals surface area contributed by atoms with E-state index in [1.807, 2.05) is 0 Å². The van der Waals surface area contributed by atoms with Crippen LogP contribution < -0.4 is 11.1 Å². The van der Waals surface area contributed by atoms with E-state index in [0.29, 0.717) is 21.3 Å². The molecule has 0 atom stereocenters. The molecule has 0 saturated heterocycles. The highest BCUT2D eigenvalue weighted by Gasteiger charge is 2.33. The lowest BCUT2D eigenvalue weighted by molar-refractivity contribution is 0.102. The van der Waals surface area contributed by atoms with Crippen molar-refractivity contribution in [2.75, 3.05) is 17.3 Å². The monoisotopic (exact) mass is 517 g/mol. The summed E-state index contributed by atoms with van der Waals surface area (Å²) in [5, 5.41) is 2.74. The summed E-state index contributed by atoms with van der Waals surface area (Å²) in [5.74, 6) is -1.12. The summed E-state index contributed by atoms with van der Waals surface area (Å²) in [6, 6.07) is 9.68. The van der Waals surface area contributed by atoms with Crippen molar-refractivity contribution in [1.29, 1.82) is 0 Å². The number of aromatic nitrogens is 1. The molecule has 1 aromatic heterocycles. The van der Waals surface area contributed by atoms with Crippen LogP contribution in [0.4, 0.5) is 15.8 Å². The van der Waals surface area contributed by atoms with Crippen LogP contribution in [0.15, 0.2) is 58.2 Å². The third-order valence-electron chi connectivity index (χ3n) is 5.35. The van der Waals surface area contributed by atoms with Crippen molar-refractivity contribution in [3.8, 4) is 0 Å². The summed E-state index contributed by atoms with van der Waals surface area (Å²) in [7, 11) is -3.89. The average Bonchev–Trinajstić information content (AvgIpc) is 3.58. The first-order valence-electron chi connectivity index (χ1n) is 9.95. The number of hydrogen-bond acceptors (Lipinski definition) is 5. The van der Waals surface area contributed by atoms with Gasteiger partial charge in [0.2, 0.25) is 0 Å². The molecule has 0 spiro atoms. The van der Waals surface area contributed by atoms with E-state index in [1.54, 1.807) is 30.3 Å². The second-order valence-electron chi connectivity index (χ2n) is 7.91. The quantitative estimate of drug-likeness (QED) is 0.461. The zero-order valence-electron chi connectivity index (χ0n) is 17.2. The maximum absolute atomic E-state index is 15.3. The van der Waals surface area contributed by atoms with E-state index in [1.165, 1.54) is 18.5 Å². The molecule has 0 bridgehead atoms. The zero-order chi connectivity index (χ0) is 23.0. The normalized spacial score (nSPS) is 13.7. The number of nitrogens with one attached hydrogen (secondary N) is 1. The molecule has 1 amide bonds. The van der Waals surface area contributed by atoms with Gasteiger partial charge < -0.3 is 11.1 Å².